The van der Waals surface area contributed by atoms with Crippen LogP contribution in [0.15, 0.2) is 6.33 Å². The summed E-state index contributed by atoms with van der Waals surface area (Å²) in [6.45, 7) is 0.859. The van der Waals surface area contributed by atoms with E-state index in [1.54, 1.807) is 0 Å². The Kier molecular flexibility index (Phi) is 2.85. The smallest absolute Gasteiger partial charge is 0.243 e. The maximum absolute atomic E-state index is 11.9. The molecular formula is C10H11ClN6O. The quantitative estimate of drug-likeness (QED) is 0.696. The Bertz CT molecular complexity index is 591. The summed E-state index contributed by atoms with van der Waals surface area (Å²) in [6.07, 6.45) is 3.30. The molecule has 8 heteroatoms. The van der Waals surface area contributed by atoms with Gasteiger partial charge in [0, 0.05) is 0 Å². The molecule has 0 aliphatic carbocycles. The van der Waals surface area contributed by atoms with E-state index in [0.717, 1.165) is 19.4 Å². The van der Waals surface area contributed by atoms with E-state index in [1.807, 2.05) is 0 Å². The van der Waals surface area contributed by atoms with Gasteiger partial charge in [0.25, 0.3) is 0 Å². The third kappa shape index (κ3) is 2.02. The van der Waals surface area contributed by atoms with Crippen molar-refractivity contribution in [2.24, 2.45) is 0 Å². The van der Waals surface area contributed by atoms with Crippen LogP contribution in [0.3, 0.4) is 0 Å². The fourth-order valence-electron chi connectivity index (χ4n) is 1.96. The Hall–Kier alpha value is -1.73. The van der Waals surface area contributed by atoms with E-state index in [1.165, 1.54) is 6.33 Å². The van der Waals surface area contributed by atoms with Gasteiger partial charge in [-0.3, -0.25) is 10.1 Å². The number of aromatic amines is 1. The van der Waals surface area contributed by atoms with Gasteiger partial charge in [-0.05, 0) is 19.4 Å². The zero-order chi connectivity index (χ0) is 12.5. The lowest BCUT2D eigenvalue weighted by Crippen LogP contribution is -2.36. The fourth-order valence-corrected chi connectivity index (χ4v) is 2.18. The van der Waals surface area contributed by atoms with Crippen molar-refractivity contribution in [1.29, 1.82) is 0 Å². The zero-order valence-electron chi connectivity index (χ0n) is 9.40. The van der Waals surface area contributed by atoms with Gasteiger partial charge in [-0.15, -0.1) is 0 Å². The van der Waals surface area contributed by atoms with Gasteiger partial charge in [-0.1, -0.05) is 11.6 Å². The lowest BCUT2D eigenvalue weighted by Gasteiger charge is -2.09. The number of hydrogen-bond acceptors (Lipinski definition) is 5. The maximum atomic E-state index is 11.9. The largest absolute Gasteiger partial charge is 0.341 e. The molecule has 0 saturated carbocycles. The highest BCUT2D eigenvalue weighted by Crippen LogP contribution is 2.18. The fraction of sp³-hybridized carbons (Fsp3) is 0.400. The first-order valence-corrected chi connectivity index (χ1v) is 6.03. The Morgan fingerprint density at radius 1 is 1.50 bits per heavy atom. The first-order chi connectivity index (χ1) is 8.74. The van der Waals surface area contributed by atoms with Gasteiger partial charge < -0.3 is 10.3 Å². The summed E-state index contributed by atoms with van der Waals surface area (Å²) >= 11 is 5.96. The van der Waals surface area contributed by atoms with E-state index >= 15 is 0 Å². The molecule has 1 saturated heterocycles. The van der Waals surface area contributed by atoms with Crippen LogP contribution in [0, 0.1) is 0 Å². The Labute approximate surface area is 107 Å². The van der Waals surface area contributed by atoms with Gasteiger partial charge in [0.05, 0.1) is 12.4 Å². The number of rotatable bonds is 2. The monoisotopic (exact) mass is 266 g/mol. The van der Waals surface area contributed by atoms with Gasteiger partial charge in [0.2, 0.25) is 11.9 Å². The van der Waals surface area contributed by atoms with Crippen molar-refractivity contribution in [2.45, 2.75) is 18.9 Å². The standard InChI is InChI=1S/C10H11ClN6O/c11-7-6-8(14-4-13-6)16-10(15-7)17-9(18)5-2-1-3-12-5/h4-5,12H,1-3H2,(H2,13,14,15,16,17,18)/t5-/m1/s1. The molecule has 0 radical (unpaired) electrons. The minimum atomic E-state index is -0.178. The van der Waals surface area contributed by atoms with Crippen LogP contribution in [0.5, 0.6) is 0 Å². The van der Waals surface area contributed by atoms with Gasteiger partial charge in [-0.2, -0.15) is 9.97 Å². The van der Waals surface area contributed by atoms with Crippen LogP contribution in [0.1, 0.15) is 12.8 Å². The van der Waals surface area contributed by atoms with Gasteiger partial charge >= 0.3 is 0 Å². The maximum Gasteiger partial charge on any atom is 0.243 e. The second-order valence-electron chi connectivity index (χ2n) is 4.08. The van der Waals surface area contributed by atoms with Crippen molar-refractivity contribution >= 4 is 34.6 Å². The highest BCUT2D eigenvalue weighted by atomic mass is 35.5. The lowest BCUT2D eigenvalue weighted by atomic mass is 10.2. The van der Waals surface area contributed by atoms with Crippen molar-refractivity contribution in [3.63, 3.8) is 0 Å². The molecule has 3 heterocycles. The molecule has 0 aromatic carbocycles. The number of H-pyrrole nitrogens is 1. The topological polar surface area (TPSA) is 95.6 Å². The first-order valence-electron chi connectivity index (χ1n) is 5.65. The van der Waals surface area contributed by atoms with Gasteiger partial charge in [0.15, 0.2) is 10.8 Å². The van der Waals surface area contributed by atoms with Gasteiger partial charge in [-0.25, -0.2) is 4.98 Å². The molecule has 0 spiro atoms. The van der Waals surface area contributed by atoms with E-state index in [2.05, 4.69) is 30.6 Å². The molecule has 1 fully saturated rings. The number of hydrogen-bond donors (Lipinski definition) is 3. The van der Waals surface area contributed by atoms with Gasteiger partial charge in [0.1, 0.15) is 5.52 Å². The zero-order valence-corrected chi connectivity index (χ0v) is 10.2. The number of nitrogens with one attached hydrogen (secondary N) is 3. The number of fused-ring (bicyclic) bond motifs is 1. The average Bonchev–Trinajstić information content (AvgIpc) is 2.99. The number of nitrogens with zero attached hydrogens (tertiary/aromatic N) is 3. The van der Waals surface area contributed by atoms with Crippen LogP contribution in [0.25, 0.3) is 11.2 Å². The molecule has 94 valence electrons. The molecular weight excluding hydrogens is 256 g/mol. The number of carbonyl (C=O) groups excluding carboxylic acids is 1. The number of amides is 1. The predicted octanol–water partition coefficient (Wildman–Crippen LogP) is 0.697. The van der Waals surface area contributed by atoms with E-state index in [9.17, 15) is 4.79 Å². The summed E-state index contributed by atoms with van der Waals surface area (Å²) in [5, 5.41) is 5.99. The molecule has 0 unspecified atom stereocenters. The van der Waals surface area contributed by atoms with E-state index in [-0.39, 0.29) is 23.1 Å². The van der Waals surface area contributed by atoms with Crippen LogP contribution in [0.4, 0.5) is 5.95 Å². The molecule has 2 aromatic heterocycles. The van der Waals surface area contributed by atoms with Crippen LogP contribution in [-0.4, -0.2) is 38.4 Å². The summed E-state index contributed by atoms with van der Waals surface area (Å²) in [5.41, 5.74) is 0.998. The van der Waals surface area contributed by atoms with E-state index in [0.29, 0.717) is 11.2 Å². The molecule has 0 bridgehead atoms. The summed E-state index contributed by atoms with van der Waals surface area (Å²) in [4.78, 5) is 26.8. The molecule has 2 aromatic rings. The average molecular weight is 267 g/mol. The highest BCUT2D eigenvalue weighted by molar-refractivity contribution is 6.33. The third-order valence-electron chi connectivity index (χ3n) is 2.85. The Balaban J connectivity index is 1.83. The molecule has 3 rings (SSSR count). The van der Waals surface area contributed by atoms with E-state index in [4.69, 9.17) is 11.6 Å². The number of carbonyl (C=O) groups is 1. The van der Waals surface area contributed by atoms with Crippen molar-refractivity contribution < 1.29 is 4.79 Å². The second kappa shape index (κ2) is 4.51. The minimum absolute atomic E-state index is 0.140. The SMILES string of the molecule is O=C(Nc1nc(Cl)c2[nH]cnc2n1)[C@H]1CCCN1. The van der Waals surface area contributed by atoms with Crippen molar-refractivity contribution in [3.05, 3.63) is 11.5 Å². The van der Waals surface area contributed by atoms with Crippen LogP contribution < -0.4 is 10.6 Å². The van der Waals surface area contributed by atoms with Crippen molar-refractivity contribution in [1.82, 2.24) is 25.3 Å². The third-order valence-corrected chi connectivity index (χ3v) is 3.13. The first kappa shape index (κ1) is 11.4. The molecule has 1 aliphatic rings. The molecule has 18 heavy (non-hydrogen) atoms. The molecule has 3 N–H and O–H groups in total. The Morgan fingerprint density at radius 3 is 3.17 bits per heavy atom. The van der Waals surface area contributed by atoms with Crippen LogP contribution in [-0.2, 0) is 4.79 Å². The number of aromatic nitrogens is 4. The summed E-state index contributed by atoms with van der Waals surface area (Å²) in [6, 6.07) is -0.178. The number of imidazole rings is 1. The van der Waals surface area contributed by atoms with Crippen molar-refractivity contribution in [3.8, 4) is 0 Å². The molecule has 7 nitrogen and oxygen atoms in total. The molecule has 1 atom stereocenters. The Morgan fingerprint density at radius 2 is 2.39 bits per heavy atom. The number of anilines is 1. The van der Waals surface area contributed by atoms with Crippen molar-refractivity contribution in [2.75, 3.05) is 11.9 Å². The molecule has 1 amide bonds. The van der Waals surface area contributed by atoms with E-state index < -0.39 is 0 Å². The van der Waals surface area contributed by atoms with Crippen LogP contribution in [0.2, 0.25) is 5.15 Å². The summed E-state index contributed by atoms with van der Waals surface area (Å²) < 4.78 is 0. The summed E-state index contributed by atoms with van der Waals surface area (Å²) in [5.74, 6) is 0.0387. The number of halogens is 1. The molecule has 1 aliphatic heterocycles. The predicted molar refractivity (Wildman–Crippen MR) is 66.3 cm³/mol. The summed E-state index contributed by atoms with van der Waals surface area (Å²) in [7, 11) is 0. The van der Waals surface area contributed by atoms with Crippen LogP contribution >= 0.6 is 11.6 Å². The second-order valence-corrected chi connectivity index (χ2v) is 4.44. The minimum Gasteiger partial charge on any atom is -0.341 e. The highest BCUT2D eigenvalue weighted by Gasteiger charge is 2.23. The normalized spacial score (nSPS) is 19.3. The lowest BCUT2D eigenvalue weighted by molar-refractivity contribution is -0.117.